The van der Waals surface area contributed by atoms with E-state index in [9.17, 15) is 9.18 Å². The van der Waals surface area contributed by atoms with E-state index in [1.54, 1.807) is 12.1 Å². The van der Waals surface area contributed by atoms with E-state index in [4.69, 9.17) is 11.6 Å². The average Bonchev–Trinajstić information content (AvgIpc) is 2.43. The van der Waals surface area contributed by atoms with E-state index in [1.807, 2.05) is 37.2 Å². The van der Waals surface area contributed by atoms with Crippen molar-refractivity contribution in [1.82, 2.24) is 0 Å². The molecule has 0 N–H and O–H groups in total. The summed E-state index contributed by atoms with van der Waals surface area (Å²) >= 11 is 5.72. The predicted molar refractivity (Wildman–Crippen MR) is 80.2 cm³/mol. The third-order valence-electron chi connectivity index (χ3n) is 3.03. The van der Waals surface area contributed by atoms with Gasteiger partial charge in [-0.05, 0) is 29.8 Å². The molecule has 0 fully saturated rings. The van der Waals surface area contributed by atoms with Gasteiger partial charge in [-0.2, -0.15) is 0 Å². The topological polar surface area (TPSA) is 20.3 Å². The van der Waals surface area contributed by atoms with E-state index >= 15 is 0 Å². The number of ketones is 1. The molecule has 2 rings (SSSR count). The molecule has 0 aliphatic heterocycles. The van der Waals surface area contributed by atoms with E-state index in [1.165, 1.54) is 12.1 Å². The summed E-state index contributed by atoms with van der Waals surface area (Å²) in [7, 11) is 3.84. The van der Waals surface area contributed by atoms with Crippen LogP contribution in [-0.2, 0) is 6.42 Å². The van der Waals surface area contributed by atoms with Crippen LogP contribution in [0, 0.1) is 5.82 Å². The number of rotatable bonds is 4. The van der Waals surface area contributed by atoms with Crippen molar-refractivity contribution in [2.45, 2.75) is 6.42 Å². The second kappa shape index (κ2) is 6.06. The molecular formula is C16H15ClFNO. The zero-order valence-corrected chi connectivity index (χ0v) is 12.1. The summed E-state index contributed by atoms with van der Waals surface area (Å²) in [5.74, 6) is -0.492. The molecule has 4 heteroatoms. The second-order valence-electron chi connectivity index (χ2n) is 4.79. The van der Waals surface area contributed by atoms with Crippen LogP contribution in [0.25, 0.3) is 0 Å². The van der Waals surface area contributed by atoms with E-state index in [2.05, 4.69) is 0 Å². The fraction of sp³-hybridized carbons (Fsp3) is 0.188. The maximum Gasteiger partial charge on any atom is 0.167 e. The van der Waals surface area contributed by atoms with Crippen LogP contribution in [0.5, 0.6) is 0 Å². The SMILES string of the molecule is CN(C)c1cccc(C(=O)Cc2ccc(F)c(Cl)c2)c1. The van der Waals surface area contributed by atoms with Gasteiger partial charge in [-0.15, -0.1) is 0 Å². The van der Waals surface area contributed by atoms with Crippen molar-refractivity contribution in [3.63, 3.8) is 0 Å². The Hall–Kier alpha value is -1.87. The van der Waals surface area contributed by atoms with Crippen LogP contribution < -0.4 is 4.90 Å². The minimum Gasteiger partial charge on any atom is -0.378 e. The number of carbonyl (C=O) groups is 1. The van der Waals surface area contributed by atoms with Crippen molar-refractivity contribution < 1.29 is 9.18 Å². The first-order valence-electron chi connectivity index (χ1n) is 6.22. The summed E-state index contributed by atoms with van der Waals surface area (Å²) in [6, 6.07) is 11.8. The summed E-state index contributed by atoms with van der Waals surface area (Å²) in [5.41, 5.74) is 2.31. The molecule has 0 atom stereocenters. The highest BCUT2D eigenvalue weighted by Crippen LogP contribution is 2.19. The Balaban J connectivity index is 2.19. The van der Waals surface area contributed by atoms with Crippen LogP contribution in [0.2, 0.25) is 5.02 Å². The van der Waals surface area contributed by atoms with Gasteiger partial charge >= 0.3 is 0 Å². The van der Waals surface area contributed by atoms with E-state index < -0.39 is 5.82 Å². The lowest BCUT2D eigenvalue weighted by Gasteiger charge is -2.13. The van der Waals surface area contributed by atoms with E-state index in [-0.39, 0.29) is 17.2 Å². The standard InChI is InChI=1S/C16H15ClFNO/c1-19(2)13-5-3-4-12(10-13)16(20)9-11-6-7-15(18)14(17)8-11/h3-8,10H,9H2,1-2H3. The van der Waals surface area contributed by atoms with Crippen molar-refractivity contribution in [3.05, 3.63) is 64.4 Å². The van der Waals surface area contributed by atoms with Gasteiger partial charge in [0.1, 0.15) is 5.82 Å². The summed E-state index contributed by atoms with van der Waals surface area (Å²) in [6.45, 7) is 0. The molecule has 0 heterocycles. The van der Waals surface area contributed by atoms with Gasteiger partial charge in [0.25, 0.3) is 0 Å². The first-order valence-corrected chi connectivity index (χ1v) is 6.59. The van der Waals surface area contributed by atoms with Crippen LogP contribution in [0.3, 0.4) is 0 Å². The number of anilines is 1. The average molecular weight is 292 g/mol. The highest BCUT2D eigenvalue weighted by molar-refractivity contribution is 6.30. The number of Topliss-reactive ketones (excluding diaryl/α,β-unsaturated/α-hetero) is 1. The zero-order chi connectivity index (χ0) is 14.7. The van der Waals surface area contributed by atoms with E-state index in [0.29, 0.717) is 11.1 Å². The number of hydrogen-bond donors (Lipinski definition) is 0. The van der Waals surface area contributed by atoms with Crippen molar-refractivity contribution in [2.75, 3.05) is 19.0 Å². The summed E-state index contributed by atoms with van der Waals surface area (Å²) < 4.78 is 13.1. The lowest BCUT2D eigenvalue weighted by Crippen LogP contribution is -2.10. The van der Waals surface area contributed by atoms with E-state index in [0.717, 1.165) is 5.69 Å². The first kappa shape index (κ1) is 14.5. The van der Waals surface area contributed by atoms with Crippen molar-refractivity contribution >= 4 is 23.1 Å². The molecule has 20 heavy (non-hydrogen) atoms. The Bertz CT molecular complexity index is 640. The summed E-state index contributed by atoms with van der Waals surface area (Å²) in [5, 5.41) is 0.0392. The molecule has 0 spiro atoms. The lowest BCUT2D eigenvalue weighted by atomic mass is 10.0. The molecule has 104 valence electrons. The molecule has 0 amide bonds. The Labute approximate surface area is 122 Å². The normalized spacial score (nSPS) is 10.4. The smallest absolute Gasteiger partial charge is 0.167 e. The minimum atomic E-state index is -0.475. The van der Waals surface area contributed by atoms with Gasteiger partial charge in [-0.1, -0.05) is 29.8 Å². The number of benzene rings is 2. The fourth-order valence-electron chi connectivity index (χ4n) is 1.89. The van der Waals surface area contributed by atoms with Gasteiger partial charge in [-0.25, -0.2) is 4.39 Å². The fourth-order valence-corrected chi connectivity index (χ4v) is 2.10. The third-order valence-corrected chi connectivity index (χ3v) is 3.32. The Kier molecular flexibility index (Phi) is 4.40. The van der Waals surface area contributed by atoms with Crippen LogP contribution >= 0.6 is 11.6 Å². The Morgan fingerprint density at radius 1 is 1.20 bits per heavy atom. The number of carbonyl (C=O) groups excluding carboxylic acids is 1. The predicted octanol–water partition coefficient (Wildman–Crippen LogP) is 3.97. The number of halogens is 2. The Morgan fingerprint density at radius 2 is 1.95 bits per heavy atom. The van der Waals surface area contributed by atoms with Gasteiger partial charge in [0.05, 0.1) is 5.02 Å². The highest BCUT2D eigenvalue weighted by atomic mass is 35.5. The Morgan fingerprint density at radius 3 is 2.60 bits per heavy atom. The maximum absolute atomic E-state index is 13.1. The van der Waals surface area contributed by atoms with Crippen LogP contribution in [0.4, 0.5) is 10.1 Å². The number of nitrogens with zero attached hydrogens (tertiary/aromatic N) is 1. The molecule has 0 unspecified atom stereocenters. The molecule has 0 aliphatic rings. The minimum absolute atomic E-state index is 0.0172. The van der Waals surface area contributed by atoms with Crippen molar-refractivity contribution in [2.24, 2.45) is 0 Å². The van der Waals surface area contributed by atoms with Gasteiger partial charge in [0.15, 0.2) is 5.78 Å². The van der Waals surface area contributed by atoms with Crippen molar-refractivity contribution in [1.29, 1.82) is 0 Å². The molecule has 0 bridgehead atoms. The molecule has 0 radical (unpaired) electrons. The summed E-state index contributed by atoms with van der Waals surface area (Å²) in [6.07, 6.45) is 0.205. The van der Waals surface area contributed by atoms with Gasteiger partial charge < -0.3 is 4.90 Å². The number of hydrogen-bond acceptors (Lipinski definition) is 2. The lowest BCUT2D eigenvalue weighted by molar-refractivity contribution is 0.0993. The molecule has 0 saturated carbocycles. The van der Waals surface area contributed by atoms with Crippen LogP contribution in [0.1, 0.15) is 15.9 Å². The maximum atomic E-state index is 13.1. The zero-order valence-electron chi connectivity index (χ0n) is 11.4. The molecule has 2 nitrogen and oxygen atoms in total. The summed E-state index contributed by atoms with van der Waals surface area (Å²) in [4.78, 5) is 14.2. The van der Waals surface area contributed by atoms with Crippen LogP contribution in [0.15, 0.2) is 42.5 Å². The molecule has 0 aliphatic carbocycles. The largest absolute Gasteiger partial charge is 0.378 e. The second-order valence-corrected chi connectivity index (χ2v) is 5.20. The molecule has 2 aromatic carbocycles. The first-order chi connectivity index (χ1) is 9.47. The molecular weight excluding hydrogens is 277 g/mol. The van der Waals surface area contributed by atoms with Gasteiger partial charge in [-0.3, -0.25) is 4.79 Å². The van der Waals surface area contributed by atoms with Gasteiger partial charge in [0.2, 0.25) is 0 Å². The molecule has 2 aromatic rings. The van der Waals surface area contributed by atoms with Gasteiger partial charge in [0, 0.05) is 31.8 Å². The quantitative estimate of drug-likeness (QED) is 0.795. The molecule has 0 saturated heterocycles. The van der Waals surface area contributed by atoms with Crippen molar-refractivity contribution in [3.8, 4) is 0 Å². The third kappa shape index (κ3) is 3.36. The highest BCUT2D eigenvalue weighted by Gasteiger charge is 2.10. The molecule has 0 aromatic heterocycles. The monoisotopic (exact) mass is 291 g/mol. The van der Waals surface area contributed by atoms with Crippen LogP contribution in [-0.4, -0.2) is 19.9 Å².